The van der Waals surface area contributed by atoms with Crippen molar-refractivity contribution < 1.29 is 0 Å². The maximum absolute atomic E-state index is 7.15. The summed E-state index contributed by atoms with van der Waals surface area (Å²) in [5.74, 6) is 0.859. The van der Waals surface area contributed by atoms with Gasteiger partial charge in [-0.2, -0.15) is 0 Å². The molecule has 0 aliphatic rings. The van der Waals surface area contributed by atoms with E-state index in [1.54, 1.807) is 6.20 Å². The molecule has 0 aliphatic carbocycles. The summed E-state index contributed by atoms with van der Waals surface area (Å²) in [4.78, 5) is 7.97. The molecule has 0 atom stereocenters. The van der Waals surface area contributed by atoms with Gasteiger partial charge in [0.25, 0.3) is 0 Å². The fraction of sp³-hybridized carbons (Fsp3) is 0.176. The molecule has 0 fully saturated rings. The van der Waals surface area contributed by atoms with E-state index in [1.807, 2.05) is 37.5 Å². The Labute approximate surface area is 124 Å². The lowest BCUT2D eigenvalue weighted by Gasteiger charge is -2.10. The summed E-state index contributed by atoms with van der Waals surface area (Å²) in [6.45, 7) is 11.3. The molecule has 0 spiro atoms. The molecule has 0 saturated carbocycles. The van der Waals surface area contributed by atoms with Crippen LogP contribution in [0.25, 0.3) is 21.9 Å². The standard InChI is InChI=1S/C17H16N4/c1-12-11-20(4)13(2)16(12)21-9-8-19-17(21)14-6-5-7-15(10-14)18-3/h5-11H,1-2,4H3. The Morgan fingerprint density at radius 3 is 2.71 bits per heavy atom. The first-order valence-electron chi connectivity index (χ1n) is 6.76. The summed E-state index contributed by atoms with van der Waals surface area (Å²) in [5, 5.41) is 0. The highest BCUT2D eigenvalue weighted by Gasteiger charge is 2.14. The third-order valence-corrected chi connectivity index (χ3v) is 3.75. The van der Waals surface area contributed by atoms with Crippen molar-refractivity contribution in [1.82, 2.24) is 14.1 Å². The Morgan fingerprint density at radius 1 is 1.24 bits per heavy atom. The van der Waals surface area contributed by atoms with Crippen LogP contribution in [0.1, 0.15) is 11.3 Å². The van der Waals surface area contributed by atoms with Gasteiger partial charge in [-0.05, 0) is 25.5 Å². The van der Waals surface area contributed by atoms with Gasteiger partial charge in [0.1, 0.15) is 5.82 Å². The molecule has 2 heterocycles. The van der Waals surface area contributed by atoms with Crippen LogP contribution in [0.3, 0.4) is 0 Å². The first kappa shape index (κ1) is 13.2. The molecule has 4 heteroatoms. The molecule has 21 heavy (non-hydrogen) atoms. The molecular formula is C17H16N4. The molecule has 3 rings (SSSR count). The summed E-state index contributed by atoms with van der Waals surface area (Å²) in [7, 11) is 2.04. The third-order valence-electron chi connectivity index (χ3n) is 3.75. The number of hydrogen-bond acceptors (Lipinski definition) is 1. The summed E-state index contributed by atoms with van der Waals surface area (Å²) in [6.07, 6.45) is 5.88. The second-order valence-electron chi connectivity index (χ2n) is 5.14. The monoisotopic (exact) mass is 276 g/mol. The molecule has 4 nitrogen and oxygen atoms in total. The van der Waals surface area contributed by atoms with Crippen LogP contribution in [0.4, 0.5) is 5.69 Å². The van der Waals surface area contributed by atoms with Gasteiger partial charge in [0, 0.05) is 36.9 Å². The van der Waals surface area contributed by atoms with Gasteiger partial charge in [0.2, 0.25) is 0 Å². The van der Waals surface area contributed by atoms with Crippen molar-refractivity contribution in [3.63, 3.8) is 0 Å². The molecule has 0 unspecified atom stereocenters. The van der Waals surface area contributed by atoms with Crippen LogP contribution in [-0.2, 0) is 7.05 Å². The van der Waals surface area contributed by atoms with Crippen molar-refractivity contribution in [2.75, 3.05) is 0 Å². The van der Waals surface area contributed by atoms with Crippen molar-refractivity contribution in [3.05, 3.63) is 65.5 Å². The summed E-state index contributed by atoms with van der Waals surface area (Å²) in [6, 6.07) is 7.57. The van der Waals surface area contributed by atoms with Crippen LogP contribution in [0.5, 0.6) is 0 Å². The second kappa shape index (κ2) is 4.95. The van der Waals surface area contributed by atoms with Crippen molar-refractivity contribution in [2.24, 2.45) is 7.05 Å². The number of imidazole rings is 1. The highest BCUT2D eigenvalue weighted by atomic mass is 15.1. The maximum atomic E-state index is 7.15. The largest absolute Gasteiger partial charge is 0.353 e. The average Bonchev–Trinajstić information content (AvgIpc) is 3.04. The lowest BCUT2D eigenvalue weighted by atomic mass is 10.2. The zero-order chi connectivity index (χ0) is 15.0. The fourth-order valence-corrected chi connectivity index (χ4v) is 2.68. The number of hydrogen-bond donors (Lipinski definition) is 0. The number of aromatic nitrogens is 3. The molecule has 1 aromatic carbocycles. The zero-order valence-corrected chi connectivity index (χ0v) is 12.3. The Balaban J connectivity index is 2.20. The smallest absolute Gasteiger partial charge is 0.187 e. The van der Waals surface area contributed by atoms with Gasteiger partial charge < -0.3 is 4.57 Å². The predicted molar refractivity (Wildman–Crippen MR) is 83.7 cm³/mol. The van der Waals surface area contributed by atoms with Crippen LogP contribution in [0.15, 0.2) is 42.9 Å². The maximum Gasteiger partial charge on any atom is 0.187 e. The molecular weight excluding hydrogens is 260 g/mol. The minimum atomic E-state index is 0.628. The molecule has 0 amide bonds. The van der Waals surface area contributed by atoms with Gasteiger partial charge in [0.05, 0.1) is 12.3 Å². The first-order valence-corrected chi connectivity index (χ1v) is 6.76. The van der Waals surface area contributed by atoms with Crippen molar-refractivity contribution in [3.8, 4) is 17.1 Å². The van der Waals surface area contributed by atoms with E-state index in [1.165, 1.54) is 11.3 Å². The van der Waals surface area contributed by atoms with Crippen LogP contribution in [0.2, 0.25) is 0 Å². The quantitative estimate of drug-likeness (QED) is 0.649. The molecule has 0 N–H and O–H groups in total. The molecule has 2 aromatic heterocycles. The number of nitrogens with zero attached hydrogens (tertiary/aromatic N) is 4. The first-order chi connectivity index (χ1) is 10.1. The van der Waals surface area contributed by atoms with Crippen molar-refractivity contribution in [2.45, 2.75) is 13.8 Å². The average molecular weight is 276 g/mol. The van der Waals surface area contributed by atoms with Crippen LogP contribution >= 0.6 is 0 Å². The predicted octanol–water partition coefficient (Wildman–Crippen LogP) is 4.05. The SMILES string of the molecule is [C-]#[N+]c1cccc(-c2nccn2-c2c(C)cn(C)c2C)c1. The van der Waals surface area contributed by atoms with Crippen LogP contribution in [-0.4, -0.2) is 14.1 Å². The van der Waals surface area contributed by atoms with Gasteiger partial charge >= 0.3 is 0 Å². The van der Waals surface area contributed by atoms with Crippen LogP contribution < -0.4 is 0 Å². The molecule has 0 aliphatic heterocycles. The summed E-state index contributed by atoms with van der Waals surface area (Å²) >= 11 is 0. The number of aryl methyl sites for hydroxylation is 2. The van der Waals surface area contributed by atoms with E-state index in [2.05, 4.69) is 39.0 Å². The fourth-order valence-electron chi connectivity index (χ4n) is 2.68. The van der Waals surface area contributed by atoms with E-state index in [0.29, 0.717) is 5.69 Å². The Bertz CT molecular complexity index is 846. The van der Waals surface area contributed by atoms with E-state index in [9.17, 15) is 0 Å². The minimum absolute atomic E-state index is 0.628. The second-order valence-corrected chi connectivity index (χ2v) is 5.14. The lowest BCUT2D eigenvalue weighted by Crippen LogP contribution is -2.00. The molecule has 0 bridgehead atoms. The zero-order valence-electron chi connectivity index (χ0n) is 12.3. The minimum Gasteiger partial charge on any atom is -0.353 e. The van der Waals surface area contributed by atoms with Gasteiger partial charge in [-0.3, -0.25) is 4.57 Å². The normalized spacial score (nSPS) is 10.6. The Kier molecular flexibility index (Phi) is 3.11. The Morgan fingerprint density at radius 2 is 2.05 bits per heavy atom. The summed E-state index contributed by atoms with van der Waals surface area (Å²) < 4.78 is 4.21. The summed E-state index contributed by atoms with van der Waals surface area (Å²) in [5.41, 5.74) is 5.13. The lowest BCUT2D eigenvalue weighted by molar-refractivity contribution is 0.870. The van der Waals surface area contributed by atoms with Crippen molar-refractivity contribution in [1.29, 1.82) is 0 Å². The van der Waals surface area contributed by atoms with E-state index in [4.69, 9.17) is 6.57 Å². The number of rotatable bonds is 2. The van der Waals surface area contributed by atoms with E-state index < -0.39 is 0 Å². The molecule has 0 saturated heterocycles. The molecule has 104 valence electrons. The number of benzene rings is 1. The van der Waals surface area contributed by atoms with Crippen molar-refractivity contribution >= 4 is 5.69 Å². The van der Waals surface area contributed by atoms with Gasteiger partial charge in [-0.25, -0.2) is 9.83 Å². The third kappa shape index (κ3) is 2.13. The van der Waals surface area contributed by atoms with Gasteiger partial charge in [0.15, 0.2) is 5.69 Å². The topological polar surface area (TPSA) is 27.1 Å². The highest BCUT2D eigenvalue weighted by molar-refractivity contribution is 5.65. The van der Waals surface area contributed by atoms with E-state index in [-0.39, 0.29) is 0 Å². The van der Waals surface area contributed by atoms with Crippen LogP contribution in [0, 0.1) is 20.4 Å². The highest BCUT2D eigenvalue weighted by Crippen LogP contribution is 2.28. The molecule has 3 aromatic rings. The van der Waals surface area contributed by atoms with E-state index in [0.717, 1.165) is 17.1 Å². The van der Waals surface area contributed by atoms with Gasteiger partial charge in [-0.1, -0.05) is 18.2 Å². The molecule has 0 radical (unpaired) electrons. The Hall–Kier alpha value is -2.80. The van der Waals surface area contributed by atoms with Gasteiger partial charge in [-0.15, -0.1) is 0 Å². The van der Waals surface area contributed by atoms with E-state index >= 15 is 0 Å².